The lowest BCUT2D eigenvalue weighted by Crippen LogP contribution is -2.19. The molecule has 9 nitrogen and oxygen atoms in total. The van der Waals surface area contributed by atoms with Crippen molar-refractivity contribution in [1.82, 2.24) is 20.3 Å². The summed E-state index contributed by atoms with van der Waals surface area (Å²) >= 11 is 1.65. The fourth-order valence-corrected chi connectivity index (χ4v) is 6.27. The number of fused-ring (bicyclic) bond motifs is 1. The molecule has 0 atom stereocenters. The highest BCUT2D eigenvalue weighted by molar-refractivity contribution is 7.23. The maximum atomic E-state index is 12.2. The number of aromatic nitrogens is 3. The van der Waals surface area contributed by atoms with Crippen molar-refractivity contribution in [3.63, 3.8) is 0 Å². The number of hydrogen-bond donors (Lipinski definition) is 3. The van der Waals surface area contributed by atoms with E-state index in [1.807, 2.05) is 62.4 Å². The highest BCUT2D eigenvalue weighted by atomic mass is 32.1. The number of thiophene rings is 1. The van der Waals surface area contributed by atoms with Gasteiger partial charge >= 0.3 is 6.01 Å². The van der Waals surface area contributed by atoms with E-state index in [-0.39, 0.29) is 5.91 Å². The zero-order valence-electron chi connectivity index (χ0n) is 23.5. The van der Waals surface area contributed by atoms with E-state index in [1.165, 1.54) is 0 Å². The summed E-state index contributed by atoms with van der Waals surface area (Å²) in [5.41, 5.74) is 13.4. The molecular formula is C32H29N7O2S. The van der Waals surface area contributed by atoms with Crippen LogP contribution in [0.4, 0.5) is 11.5 Å². The zero-order chi connectivity index (χ0) is 29.4. The molecule has 1 aliphatic rings. The number of ether oxygens (including phenoxy) is 1. The van der Waals surface area contributed by atoms with E-state index in [1.54, 1.807) is 30.7 Å². The number of nitrogens with two attached hydrogens (primary N) is 1. The number of nitrogen functional groups attached to an aromatic ring is 1. The minimum Gasteiger partial charge on any atom is -0.424 e. The van der Waals surface area contributed by atoms with Gasteiger partial charge in [-0.15, -0.1) is 11.3 Å². The van der Waals surface area contributed by atoms with E-state index in [4.69, 9.17) is 10.5 Å². The molecule has 210 valence electrons. The SMILES string of the molecule is C=C(C)C(=O)Nc1ccc(-c2sc3c(C4=NCCN4)cnc(N)c3c2-c2ccc(Oc3nccc(C)n3)cc2)c(C)c1. The molecule has 1 aliphatic heterocycles. The van der Waals surface area contributed by atoms with Crippen LogP contribution in [0.15, 0.2) is 78.1 Å². The summed E-state index contributed by atoms with van der Waals surface area (Å²) in [5, 5.41) is 7.15. The molecule has 1 amide bonds. The zero-order valence-corrected chi connectivity index (χ0v) is 24.3. The number of amides is 1. The molecule has 6 rings (SSSR count). The van der Waals surface area contributed by atoms with Gasteiger partial charge in [-0.2, -0.15) is 0 Å². The molecule has 0 spiro atoms. The number of benzene rings is 2. The van der Waals surface area contributed by atoms with Crippen molar-refractivity contribution in [3.05, 3.63) is 89.9 Å². The number of carbonyl (C=O) groups excluding carboxylic acids is 1. The van der Waals surface area contributed by atoms with Gasteiger partial charge in [0.2, 0.25) is 0 Å². The van der Waals surface area contributed by atoms with Crippen molar-refractivity contribution in [2.24, 2.45) is 4.99 Å². The number of hydrogen-bond acceptors (Lipinski definition) is 9. The lowest BCUT2D eigenvalue weighted by molar-refractivity contribution is -0.112. The molecule has 5 aromatic rings. The number of pyridine rings is 1. The van der Waals surface area contributed by atoms with E-state index < -0.39 is 0 Å². The Balaban J connectivity index is 1.49. The molecule has 2 aromatic carbocycles. The fourth-order valence-electron chi connectivity index (χ4n) is 4.84. The predicted octanol–water partition coefficient (Wildman–Crippen LogP) is 6.28. The molecule has 3 aromatic heterocycles. The second-order valence-corrected chi connectivity index (χ2v) is 11.1. The number of aliphatic imine (C=N–C) groups is 1. The van der Waals surface area contributed by atoms with Crippen LogP contribution >= 0.6 is 11.3 Å². The van der Waals surface area contributed by atoms with Gasteiger partial charge in [0.25, 0.3) is 5.91 Å². The van der Waals surface area contributed by atoms with Crippen LogP contribution in [-0.2, 0) is 4.79 Å². The first-order valence-electron chi connectivity index (χ1n) is 13.4. The smallest absolute Gasteiger partial charge is 0.322 e. The summed E-state index contributed by atoms with van der Waals surface area (Å²) in [6.45, 7) is 10.8. The predicted molar refractivity (Wildman–Crippen MR) is 169 cm³/mol. The van der Waals surface area contributed by atoms with Crippen LogP contribution in [0, 0.1) is 13.8 Å². The van der Waals surface area contributed by atoms with Crippen molar-refractivity contribution in [2.75, 3.05) is 24.1 Å². The van der Waals surface area contributed by atoms with Gasteiger partial charge in [-0.3, -0.25) is 9.79 Å². The molecule has 10 heteroatoms. The van der Waals surface area contributed by atoms with E-state index in [2.05, 4.69) is 37.2 Å². The van der Waals surface area contributed by atoms with Gasteiger partial charge in [0.05, 0.1) is 16.8 Å². The first-order chi connectivity index (χ1) is 20.3. The third kappa shape index (κ3) is 5.19. The van der Waals surface area contributed by atoms with E-state index in [0.29, 0.717) is 28.8 Å². The van der Waals surface area contributed by atoms with Crippen molar-refractivity contribution in [3.8, 4) is 33.3 Å². The van der Waals surface area contributed by atoms with Crippen LogP contribution in [0.25, 0.3) is 31.7 Å². The average Bonchev–Trinajstić information content (AvgIpc) is 3.63. The Hall–Kier alpha value is -5.09. The number of rotatable bonds is 7. The second kappa shape index (κ2) is 11.1. The first-order valence-corrected chi connectivity index (χ1v) is 14.3. The Morgan fingerprint density at radius 1 is 1.10 bits per heavy atom. The highest BCUT2D eigenvalue weighted by Crippen LogP contribution is 2.49. The summed E-state index contributed by atoms with van der Waals surface area (Å²) in [7, 11) is 0. The summed E-state index contributed by atoms with van der Waals surface area (Å²) in [4.78, 5) is 31.0. The third-order valence-electron chi connectivity index (χ3n) is 6.91. The average molecular weight is 576 g/mol. The Labute approximate surface area is 247 Å². The summed E-state index contributed by atoms with van der Waals surface area (Å²) < 4.78 is 6.91. The third-order valence-corrected chi connectivity index (χ3v) is 8.17. The number of amidine groups is 1. The number of nitrogens with one attached hydrogen (secondary N) is 2. The maximum absolute atomic E-state index is 12.2. The second-order valence-electron chi connectivity index (χ2n) is 10.1. The normalized spacial score (nSPS) is 12.6. The molecule has 0 unspecified atom stereocenters. The maximum Gasteiger partial charge on any atom is 0.322 e. The number of carbonyl (C=O) groups is 1. The highest BCUT2D eigenvalue weighted by Gasteiger charge is 2.24. The van der Waals surface area contributed by atoms with Gasteiger partial charge in [0.1, 0.15) is 17.4 Å². The molecule has 0 saturated heterocycles. The molecule has 4 heterocycles. The van der Waals surface area contributed by atoms with Crippen molar-refractivity contribution < 1.29 is 9.53 Å². The van der Waals surface area contributed by atoms with Crippen LogP contribution in [-0.4, -0.2) is 39.8 Å². The minimum absolute atomic E-state index is 0.212. The Morgan fingerprint density at radius 2 is 1.90 bits per heavy atom. The van der Waals surface area contributed by atoms with Gasteiger partial charge in [0, 0.05) is 51.7 Å². The van der Waals surface area contributed by atoms with Gasteiger partial charge in [-0.25, -0.2) is 15.0 Å². The van der Waals surface area contributed by atoms with E-state index >= 15 is 0 Å². The lowest BCUT2D eigenvalue weighted by Gasteiger charge is -2.12. The van der Waals surface area contributed by atoms with Crippen LogP contribution in [0.3, 0.4) is 0 Å². The van der Waals surface area contributed by atoms with Crippen molar-refractivity contribution in [1.29, 1.82) is 0 Å². The quantitative estimate of drug-likeness (QED) is 0.195. The van der Waals surface area contributed by atoms with Crippen LogP contribution < -0.4 is 21.1 Å². The van der Waals surface area contributed by atoms with E-state index in [0.717, 1.165) is 67.4 Å². The molecule has 0 fully saturated rings. The number of nitrogens with zero attached hydrogens (tertiary/aromatic N) is 4. The van der Waals surface area contributed by atoms with Crippen LogP contribution in [0.1, 0.15) is 23.7 Å². The standard InChI is InChI=1S/C32H29N7O2S/c1-17(2)31(40)39-21-7-10-23(18(3)15-21)27-25(20-5-8-22(9-6-20)41-32-36-12-11-19(4)38-32)26-28(42-27)24(16-37-29(26)33)30-34-13-14-35-30/h5-12,15-16H,1,13-14H2,2-4H3,(H2,33,37)(H,34,35)(H,39,40). The molecule has 0 aliphatic carbocycles. The molecule has 42 heavy (non-hydrogen) atoms. The largest absolute Gasteiger partial charge is 0.424 e. The van der Waals surface area contributed by atoms with Crippen molar-refractivity contribution in [2.45, 2.75) is 20.8 Å². The van der Waals surface area contributed by atoms with E-state index in [9.17, 15) is 4.79 Å². The van der Waals surface area contributed by atoms with Crippen LogP contribution in [0.5, 0.6) is 11.8 Å². The Kier molecular flexibility index (Phi) is 7.13. The molecule has 0 bridgehead atoms. The van der Waals surface area contributed by atoms with Crippen LogP contribution in [0.2, 0.25) is 0 Å². The van der Waals surface area contributed by atoms with Gasteiger partial charge in [0.15, 0.2) is 0 Å². The molecule has 4 N–H and O–H groups in total. The number of aryl methyl sites for hydroxylation is 2. The molecule has 0 saturated carbocycles. The van der Waals surface area contributed by atoms with Gasteiger partial charge < -0.3 is 21.1 Å². The Bertz CT molecular complexity index is 1890. The monoisotopic (exact) mass is 575 g/mol. The van der Waals surface area contributed by atoms with Gasteiger partial charge in [-0.1, -0.05) is 24.8 Å². The Morgan fingerprint density at radius 3 is 2.60 bits per heavy atom. The fraction of sp³-hybridized carbons (Fsp3) is 0.156. The summed E-state index contributed by atoms with van der Waals surface area (Å²) in [5.74, 6) is 1.68. The molecule has 0 radical (unpaired) electrons. The summed E-state index contributed by atoms with van der Waals surface area (Å²) in [6, 6.07) is 15.8. The lowest BCUT2D eigenvalue weighted by atomic mass is 9.96. The minimum atomic E-state index is -0.212. The van der Waals surface area contributed by atoms with Crippen molar-refractivity contribution >= 4 is 44.7 Å². The first kappa shape index (κ1) is 27.1. The number of anilines is 2. The topological polar surface area (TPSA) is 127 Å². The summed E-state index contributed by atoms with van der Waals surface area (Å²) in [6.07, 6.45) is 3.46. The van der Waals surface area contributed by atoms with Gasteiger partial charge in [-0.05, 0) is 67.8 Å². The molecular weight excluding hydrogens is 546 g/mol.